The third-order valence-corrected chi connectivity index (χ3v) is 7.07. The minimum Gasteiger partial charge on any atom is -0.350 e. The molecule has 1 heterocycles. The number of hydrogen-bond acceptors (Lipinski definition) is 3. The number of sulfonamides is 1. The molecule has 1 amide bonds. The van der Waals surface area contributed by atoms with Gasteiger partial charge in [0, 0.05) is 22.6 Å². The fourth-order valence-electron chi connectivity index (χ4n) is 3.12. The molecule has 3 rings (SSSR count). The Morgan fingerprint density at radius 3 is 2.41 bits per heavy atom. The van der Waals surface area contributed by atoms with E-state index in [1.54, 1.807) is 24.3 Å². The van der Waals surface area contributed by atoms with E-state index in [2.05, 4.69) is 33.4 Å². The number of halogens is 1. The number of benzene rings is 2. The van der Waals surface area contributed by atoms with E-state index in [4.69, 9.17) is 0 Å². The van der Waals surface area contributed by atoms with Crippen molar-refractivity contribution in [3.63, 3.8) is 0 Å². The molecule has 1 saturated heterocycles. The Morgan fingerprint density at radius 1 is 1.15 bits per heavy atom. The van der Waals surface area contributed by atoms with Crippen LogP contribution in [-0.4, -0.2) is 32.7 Å². The van der Waals surface area contributed by atoms with Gasteiger partial charge < -0.3 is 5.32 Å². The molecule has 0 radical (unpaired) electrons. The van der Waals surface area contributed by atoms with Crippen LogP contribution in [0.4, 0.5) is 5.69 Å². The number of nitrogens with one attached hydrogen (secondary N) is 1. The van der Waals surface area contributed by atoms with E-state index in [1.807, 2.05) is 19.1 Å². The van der Waals surface area contributed by atoms with Crippen molar-refractivity contribution in [3.05, 3.63) is 64.1 Å². The summed E-state index contributed by atoms with van der Waals surface area (Å²) in [5.74, 6) is 0.0413. The highest BCUT2D eigenvalue weighted by molar-refractivity contribution is 9.10. The molecular weight excluding hydrogens is 428 g/mol. The van der Waals surface area contributed by atoms with Gasteiger partial charge in [0.2, 0.25) is 10.0 Å². The number of nitrogens with zero attached hydrogens (tertiary/aromatic N) is 1. The largest absolute Gasteiger partial charge is 0.350 e. The lowest BCUT2D eigenvalue weighted by Gasteiger charge is -2.17. The second-order valence-electron chi connectivity index (χ2n) is 6.83. The van der Waals surface area contributed by atoms with Crippen molar-refractivity contribution in [1.29, 1.82) is 0 Å². The number of amides is 1. The van der Waals surface area contributed by atoms with Crippen LogP contribution in [0.1, 0.15) is 35.7 Å². The van der Waals surface area contributed by atoms with Crippen LogP contribution in [0.15, 0.2) is 53.0 Å². The lowest BCUT2D eigenvalue weighted by Crippen LogP contribution is -2.33. The molecule has 1 aliphatic rings. The lowest BCUT2D eigenvalue weighted by atomic mass is 10.1. The molecule has 0 aromatic heterocycles. The predicted molar refractivity (Wildman–Crippen MR) is 112 cm³/mol. The van der Waals surface area contributed by atoms with Crippen LogP contribution in [0.3, 0.4) is 0 Å². The third-order valence-electron chi connectivity index (χ3n) is 4.67. The van der Waals surface area contributed by atoms with Crippen molar-refractivity contribution in [2.24, 2.45) is 0 Å². The van der Waals surface area contributed by atoms with Crippen LogP contribution in [0.25, 0.3) is 0 Å². The van der Waals surface area contributed by atoms with Crippen LogP contribution in [0, 0.1) is 0 Å². The summed E-state index contributed by atoms with van der Waals surface area (Å²) in [6.07, 6.45) is 2.37. The van der Waals surface area contributed by atoms with Crippen molar-refractivity contribution in [2.75, 3.05) is 16.6 Å². The summed E-state index contributed by atoms with van der Waals surface area (Å²) in [5, 5.41) is 3.00. The second-order valence-corrected chi connectivity index (χ2v) is 9.76. The van der Waals surface area contributed by atoms with Gasteiger partial charge in [0.1, 0.15) is 0 Å². The highest BCUT2D eigenvalue weighted by Crippen LogP contribution is 2.24. The smallest absolute Gasteiger partial charge is 0.251 e. The fraction of sp³-hybridized carbons (Fsp3) is 0.350. The normalized spacial score (nSPS) is 16.9. The van der Waals surface area contributed by atoms with Gasteiger partial charge in [-0.2, -0.15) is 0 Å². The second kappa shape index (κ2) is 8.44. The molecule has 1 atom stereocenters. The molecule has 5 nitrogen and oxygen atoms in total. The summed E-state index contributed by atoms with van der Waals surface area (Å²) in [6.45, 7) is 2.49. The standard InChI is InChI=1S/C20H23BrN2O3S/c1-15(3-4-16-5-9-18(21)10-6-16)22-20(24)17-7-11-19(12-8-17)23-13-2-14-27(23,25)26/h5-12,15H,2-4,13-14H2,1H3,(H,22,24). The van der Waals surface area contributed by atoms with Crippen molar-refractivity contribution < 1.29 is 13.2 Å². The molecule has 1 unspecified atom stereocenters. The Kier molecular flexibility index (Phi) is 6.22. The fourth-order valence-corrected chi connectivity index (χ4v) is 4.95. The minimum absolute atomic E-state index is 0.0415. The molecule has 1 N–H and O–H groups in total. The first-order valence-corrected chi connectivity index (χ1v) is 11.4. The van der Waals surface area contributed by atoms with E-state index in [-0.39, 0.29) is 17.7 Å². The topological polar surface area (TPSA) is 66.5 Å². The van der Waals surface area contributed by atoms with Gasteiger partial charge in [-0.1, -0.05) is 28.1 Å². The van der Waals surface area contributed by atoms with Crippen LogP contribution in [0.5, 0.6) is 0 Å². The van der Waals surface area contributed by atoms with Crippen LogP contribution in [0.2, 0.25) is 0 Å². The quantitative estimate of drug-likeness (QED) is 0.728. The Hall–Kier alpha value is -1.86. The van der Waals surface area contributed by atoms with Gasteiger partial charge in [-0.25, -0.2) is 8.42 Å². The molecule has 7 heteroatoms. The maximum absolute atomic E-state index is 12.4. The Morgan fingerprint density at radius 2 is 1.81 bits per heavy atom. The molecule has 144 valence electrons. The molecule has 2 aromatic carbocycles. The summed E-state index contributed by atoms with van der Waals surface area (Å²) < 4.78 is 26.4. The van der Waals surface area contributed by atoms with Crippen LogP contribution in [-0.2, 0) is 16.4 Å². The van der Waals surface area contributed by atoms with Gasteiger partial charge >= 0.3 is 0 Å². The molecule has 0 aliphatic carbocycles. The molecule has 0 bridgehead atoms. The summed E-state index contributed by atoms with van der Waals surface area (Å²) >= 11 is 3.42. The Labute approximate surface area is 169 Å². The maximum Gasteiger partial charge on any atom is 0.251 e. The molecular formula is C20H23BrN2O3S. The van der Waals surface area contributed by atoms with E-state index in [1.165, 1.54) is 9.87 Å². The van der Waals surface area contributed by atoms with Gasteiger partial charge in [0.15, 0.2) is 0 Å². The molecule has 1 aliphatic heterocycles. The first-order valence-electron chi connectivity index (χ1n) is 9.01. The molecule has 1 fully saturated rings. The highest BCUT2D eigenvalue weighted by Gasteiger charge is 2.28. The van der Waals surface area contributed by atoms with Crippen molar-refractivity contribution in [1.82, 2.24) is 5.32 Å². The van der Waals surface area contributed by atoms with Crippen molar-refractivity contribution in [3.8, 4) is 0 Å². The summed E-state index contributed by atoms with van der Waals surface area (Å²) in [7, 11) is -3.20. The summed E-state index contributed by atoms with van der Waals surface area (Å²) in [4.78, 5) is 12.4. The summed E-state index contributed by atoms with van der Waals surface area (Å²) in [5.41, 5.74) is 2.38. The van der Waals surface area contributed by atoms with Crippen LogP contribution >= 0.6 is 15.9 Å². The van der Waals surface area contributed by atoms with E-state index >= 15 is 0 Å². The number of aryl methyl sites for hydroxylation is 1. The monoisotopic (exact) mass is 450 g/mol. The zero-order chi connectivity index (χ0) is 19.4. The maximum atomic E-state index is 12.4. The molecule has 0 saturated carbocycles. The van der Waals surface area contributed by atoms with Gasteiger partial charge in [-0.3, -0.25) is 9.10 Å². The SMILES string of the molecule is CC(CCc1ccc(Br)cc1)NC(=O)c1ccc(N2CCCS2(=O)=O)cc1. The number of carbonyl (C=O) groups excluding carboxylic acids is 1. The number of rotatable bonds is 6. The van der Waals surface area contributed by atoms with Gasteiger partial charge in [-0.05, 0) is 68.1 Å². The lowest BCUT2D eigenvalue weighted by molar-refractivity contribution is 0.0938. The van der Waals surface area contributed by atoms with Gasteiger partial charge in [0.25, 0.3) is 5.91 Å². The van der Waals surface area contributed by atoms with Gasteiger partial charge in [-0.15, -0.1) is 0 Å². The summed E-state index contributed by atoms with van der Waals surface area (Å²) in [6, 6.07) is 15.0. The zero-order valence-corrected chi connectivity index (χ0v) is 17.6. The van der Waals surface area contributed by atoms with E-state index < -0.39 is 10.0 Å². The number of anilines is 1. The average molecular weight is 451 g/mol. The van der Waals surface area contributed by atoms with Gasteiger partial charge in [0.05, 0.1) is 11.4 Å². The Balaban J connectivity index is 1.55. The predicted octanol–water partition coefficient (Wildman–Crippen LogP) is 3.74. The van der Waals surface area contributed by atoms with E-state index in [0.717, 1.165) is 17.3 Å². The minimum atomic E-state index is -3.20. The van der Waals surface area contributed by atoms with Crippen molar-refractivity contribution >= 4 is 37.5 Å². The van der Waals surface area contributed by atoms with E-state index in [0.29, 0.717) is 24.2 Å². The molecule has 2 aromatic rings. The molecule has 0 spiro atoms. The Bertz CT molecular complexity index is 896. The molecule has 27 heavy (non-hydrogen) atoms. The first-order chi connectivity index (χ1) is 12.8. The first kappa shape index (κ1) is 19.9. The highest BCUT2D eigenvalue weighted by atomic mass is 79.9. The third kappa shape index (κ3) is 5.11. The number of carbonyl (C=O) groups is 1. The van der Waals surface area contributed by atoms with Crippen LogP contribution < -0.4 is 9.62 Å². The average Bonchev–Trinajstić information content (AvgIpc) is 3.00. The zero-order valence-electron chi connectivity index (χ0n) is 15.2. The number of hydrogen-bond donors (Lipinski definition) is 1. The van der Waals surface area contributed by atoms with E-state index in [9.17, 15) is 13.2 Å². The van der Waals surface area contributed by atoms with Crippen molar-refractivity contribution in [2.45, 2.75) is 32.2 Å².